The summed E-state index contributed by atoms with van der Waals surface area (Å²) in [5.74, 6) is 0.790. The minimum atomic E-state index is 0.790. The highest BCUT2D eigenvalue weighted by Crippen LogP contribution is 2.16. The molecule has 20 heavy (non-hydrogen) atoms. The maximum atomic E-state index is 5.32. The second kappa shape index (κ2) is 11.5. The molecule has 0 aliphatic carbocycles. The molecule has 0 amide bonds. The molecule has 0 unspecified atom stereocenters. The van der Waals surface area contributed by atoms with Crippen LogP contribution in [0.25, 0.3) is 0 Å². The number of piperazine rings is 1. The summed E-state index contributed by atoms with van der Waals surface area (Å²) in [4.78, 5) is 5.20. The fourth-order valence-electron chi connectivity index (χ4n) is 3.23. The number of ether oxygens (including phenoxy) is 1. The molecule has 0 N–H and O–H groups in total. The average molecular weight is 284 g/mol. The van der Waals surface area contributed by atoms with E-state index in [4.69, 9.17) is 4.74 Å². The van der Waals surface area contributed by atoms with Gasteiger partial charge < -0.3 is 14.5 Å². The normalized spacial score (nSPS) is 19.4. The topological polar surface area (TPSA) is 15.7 Å². The van der Waals surface area contributed by atoms with E-state index in [0.717, 1.165) is 12.5 Å². The lowest BCUT2D eigenvalue weighted by Gasteiger charge is -2.34. The van der Waals surface area contributed by atoms with Crippen molar-refractivity contribution in [2.45, 2.75) is 52.4 Å². The standard InChI is InChI=1S/C17H36N2O/c1-4-9-17(16-20-3)10-7-6-8-11-19-14-12-18(5-2)13-15-19/h17H,4-16H2,1-3H3/t17-/m0/s1. The molecule has 0 saturated carbocycles. The molecule has 1 saturated heterocycles. The molecular formula is C17H36N2O. The predicted molar refractivity (Wildman–Crippen MR) is 87.3 cm³/mol. The van der Waals surface area contributed by atoms with Gasteiger partial charge in [0, 0.05) is 39.9 Å². The highest BCUT2D eigenvalue weighted by atomic mass is 16.5. The number of hydrogen-bond donors (Lipinski definition) is 0. The van der Waals surface area contributed by atoms with Crippen LogP contribution in [0, 0.1) is 5.92 Å². The molecule has 1 atom stereocenters. The highest BCUT2D eigenvalue weighted by molar-refractivity contribution is 4.70. The SMILES string of the molecule is CCC[C@@H](CCCCCN1CCN(CC)CC1)COC. The summed E-state index contributed by atoms with van der Waals surface area (Å²) >= 11 is 0. The van der Waals surface area contributed by atoms with Gasteiger partial charge >= 0.3 is 0 Å². The van der Waals surface area contributed by atoms with Gasteiger partial charge in [0.1, 0.15) is 0 Å². The first-order valence-corrected chi connectivity index (χ1v) is 8.73. The van der Waals surface area contributed by atoms with Crippen LogP contribution in [-0.2, 0) is 4.74 Å². The van der Waals surface area contributed by atoms with Gasteiger partial charge in [0.15, 0.2) is 0 Å². The van der Waals surface area contributed by atoms with Crippen LogP contribution in [0.3, 0.4) is 0 Å². The van der Waals surface area contributed by atoms with Gasteiger partial charge in [0.05, 0.1) is 0 Å². The van der Waals surface area contributed by atoms with Gasteiger partial charge in [-0.15, -0.1) is 0 Å². The zero-order chi connectivity index (χ0) is 14.6. The van der Waals surface area contributed by atoms with Gasteiger partial charge in [-0.25, -0.2) is 0 Å². The van der Waals surface area contributed by atoms with Crippen molar-refractivity contribution in [2.75, 3.05) is 53.0 Å². The Labute approximate surface area is 126 Å². The molecule has 0 radical (unpaired) electrons. The van der Waals surface area contributed by atoms with E-state index in [-0.39, 0.29) is 0 Å². The molecular weight excluding hydrogens is 248 g/mol. The minimum Gasteiger partial charge on any atom is -0.384 e. The van der Waals surface area contributed by atoms with Gasteiger partial charge in [-0.3, -0.25) is 0 Å². The predicted octanol–water partition coefficient (Wildman–Crippen LogP) is 3.25. The molecule has 1 heterocycles. The van der Waals surface area contributed by atoms with E-state index >= 15 is 0 Å². The summed E-state index contributed by atoms with van der Waals surface area (Å²) in [5, 5.41) is 0. The van der Waals surface area contributed by atoms with Crippen molar-refractivity contribution in [3.8, 4) is 0 Å². The summed E-state index contributed by atoms with van der Waals surface area (Å²) in [7, 11) is 1.83. The molecule has 0 aromatic heterocycles. The molecule has 1 aliphatic heterocycles. The van der Waals surface area contributed by atoms with E-state index in [1.165, 1.54) is 77.8 Å². The van der Waals surface area contributed by atoms with Gasteiger partial charge in [-0.1, -0.05) is 33.1 Å². The lowest BCUT2D eigenvalue weighted by atomic mass is 9.97. The Bertz CT molecular complexity index is 209. The largest absolute Gasteiger partial charge is 0.384 e. The maximum absolute atomic E-state index is 5.32. The van der Waals surface area contributed by atoms with E-state index < -0.39 is 0 Å². The van der Waals surface area contributed by atoms with Crippen molar-refractivity contribution in [1.29, 1.82) is 0 Å². The molecule has 0 aromatic carbocycles. The van der Waals surface area contributed by atoms with E-state index in [1.807, 2.05) is 7.11 Å². The van der Waals surface area contributed by atoms with Gasteiger partial charge in [-0.2, -0.15) is 0 Å². The third-order valence-electron chi connectivity index (χ3n) is 4.60. The molecule has 0 spiro atoms. The van der Waals surface area contributed by atoms with Crippen LogP contribution in [0.4, 0.5) is 0 Å². The molecule has 3 heteroatoms. The Morgan fingerprint density at radius 1 is 0.900 bits per heavy atom. The zero-order valence-corrected chi connectivity index (χ0v) is 14.1. The first-order valence-electron chi connectivity index (χ1n) is 8.73. The maximum Gasteiger partial charge on any atom is 0.0490 e. The fourth-order valence-corrected chi connectivity index (χ4v) is 3.23. The Morgan fingerprint density at radius 3 is 2.20 bits per heavy atom. The lowest BCUT2D eigenvalue weighted by molar-refractivity contribution is 0.132. The van der Waals surface area contributed by atoms with Crippen molar-refractivity contribution >= 4 is 0 Å². The highest BCUT2D eigenvalue weighted by Gasteiger charge is 2.14. The zero-order valence-electron chi connectivity index (χ0n) is 14.1. The van der Waals surface area contributed by atoms with Crippen molar-refractivity contribution in [1.82, 2.24) is 9.80 Å². The second-order valence-corrected chi connectivity index (χ2v) is 6.24. The molecule has 3 nitrogen and oxygen atoms in total. The molecule has 1 rings (SSSR count). The van der Waals surface area contributed by atoms with Crippen LogP contribution >= 0.6 is 0 Å². The third kappa shape index (κ3) is 7.61. The quantitative estimate of drug-likeness (QED) is 0.542. The van der Waals surface area contributed by atoms with E-state index in [0.29, 0.717) is 0 Å². The number of likely N-dealkylation sites (N-methyl/N-ethyl adjacent to an activating group) is 1. The van der Waals surface area contributed by atoms with Crippen molar-refractivity contribution in [3.05, 3.63) is 0 Å². The van der Waals surface area contributed by atoms with Crippen molar-refractivity contribution in [3.63, 3.8) is 0 Å². The summed E-state index contributed by atoms with van der Waals surface area (Å²) in [5.41, 5.74) is 0. The Hall–Kier alpha value is -0.120. The molecule has 120 valence electrons. The first kappa shape index (κ1) is 17.9. The van der Waals surface area contributed by atoms with E-state index in [2.05, 4.69) is 23.6 Å². The molecule has 0 aromatic rings. The smallest absolute Gasteiger partial charge is 0.0490 e. The Balaban J connectivity index is 1.98. The average Bonchev–Trinajstić information content (AvgIpc) is 2.48. The summed E-state index contributed by atoms with van der Waals surface area (Å²) in [6.45, 7) is 13.1. The van der Waals surface area contributed by atoms with Crippen LogP contribution in [0.1, 0.15) is 52.4 Å². The molecule has 1 fully saturated rings. The lowest BCUT2D eigenvalue weighted by Crippen LogP contribution is -2.46. The van der Waals surface area contributed by atoms with Gasteiger partial charge in [0.2, 0.25) is 0 Å². The van der Waals surface area contributed by atoms with Crippen LogP contribution < -0.4 is 0 Å². The Morgan fingerprint density at radius 2 is 1.60 bits per heavy atom. The number of rotatable bonds is 11. The number of nitrogens with zero attached hydrogens (tertiary/aromatic N) is 2. The van der Waals surface area contributed by atoms with Crippen LogP contribution in [0.15, 0.2) is 0 Å². The first-order chi connectivity index (χ1) is 9.80. The molecule has 0 bridgehead atoms. The van der Waals surface area contributed by atoms with Crippen LogP contribution in [-0.4, -0.2) is 62.8 Å². The van der Waals surface area contributed by atoms with Gasteiger partial charge in [0.25, 0.3) is 0 Å². The van der Waals surface area contributed by atoms with Crippen molar-refractivity contribution in [2.24, 2.45) is 5.92 Å². The number of unbranched alkanes of at least 4 members (excludes halogenated alkanes) is 2. The van der Waals surface area contributed by atoms with E-state index in [9.17, 15) is 0 Å². The monoisotopic (exact) mass is 284 g/mol. The van der Waals surface area contributed by atoms with Gasteiger partial charge in [-0.05, 0) is 38.3 Å². The summed E-state index contributed by atoms with van der Waals surface area (Å²) < 4.78 is 5.32. The summed E-state index contributed by atoms with van der Waals surface area (Å²) in [6.07, 6.45) is 8.10. The fraction of sp³-hybridized carbons (Fsp3) is 1.00. The third-order valence-corrected chi connectivity index (χ3v) is 4.60. The van der Waals surface area contributed by atoms with Crippen LogP contribution in [0.5, 0.6) is 0 Å². The van der Waals surface area contributed by atoms with Crippen LogP contribution in [0.2, 0.25) is 0 Å². The molecule has 1 aliphatic rings. The summed E-state index contributed by atoms with van der Waals surface area (Å²) in [6, 6.07) is 0. The van der Waals surface area contributed by atoms with Crippen molar-refractivity contribution < 1.29 is 4.74 Å². The minimum absolute atomic E-state index is 0.790. The van der Waals surface area contributed by atoms with E-state index in [1.54, 1.807) is 0 Å². The number of methoxy groups -OCH3 is 1. The Kier molecular flexibility index (Phi) is 10.3. The second-order valence-electron chi connectivity index (χ2n) is 6.24. The number of hydrogen-bond acceptors (Lipinski definition) is 3.